The van der Waals surface area contributed by atoms with Gasteiger partial charge in [-0.2, -0.15) is 10.5 Å². The minimum Gasteiger partial charge on any atom is -0.303 e. The van der Waals surface area contributed by atoms with Crippen molar-refractivity contribution in [3.63, 3.8) is 0 Å². The molecule has 0 spiro atoms. The molecule has 0 heterocycles. The molecule has 0 bridgehead atoms. The maximum atomic E-state index is 11.4. The first-order chi connectivity index (χ1) is 9.81. The highest BCUT2D eigenvalue weighted by Gasteiger charge is 2.49. The van der Waals surface area contributed by atoms with Gasteiger partial charge in [-0.25, -0.2) is 4.57 Å². The zero-order chi connectivity index (χ0) is 16.5. The van der Waals surface area contributed by atoms with Gasteiger partial charge in [0, 0.05) is 0 Å². The molecule has 0 aliphatic heterocycles. The fourth-order valence-electron chi connectivity index (χ4n) is 2.79. The smallest absolute Gasteiger partial charge is 0.303 e. The Labute approximate surface area is 127 Å². The Morgan fingerprint density at radius 2 is 1.48 bits per heavy atom. The highest BCUT2D eigenvalue weighted by molar-refractivity contribution is 7.46. The highest BCUT2D eigenvalue weighted by Crippen LogP contribution is 2.51. The molecule has 0 amide bonds. The van der Waals surface area contributed by atoms with Crippen LogP contribution < -0.4 is 0 Å². The largest absolute Gasteiger partial charge is 0.470 e. The van der Waals surface area contributed by atoms with E-state index in [0.717, 1.165) is 0 Å². The predicted octanol–water partition coefficient (Wildman–Crippen LogP) is 3.51. The molecule has 7 heteroatoms. The van der Waals surface area contributed by atoms with E-state index in [9.17, 15) is 24.9 Å². The molecule has 0 radical (unpaired) electrons. The van der Waals surface area contributed by atoms with Crippen molar-refractivity contribution in [1.29, 1.82) is 10.5 Å². The number of nitriles is 2. The standard InChI is InChI=1S/C14H25N2O4P/c1-4-7-12(10-15)14(9-6-3,20-21(17,18)19)13(11-16)8-5-2/h12-13H,4-9H2,1-3H3,(H2,17,18,19). The third-order valence-electron chi connectivity index (χ3n) is 3.58. The van der Waals surface area contributed by atoms with Crippen LogP contribution in [0.3, 0.4) is 0 Å². The van der Waals surface area contributed by atoms with Crippen molar-refractivity contribution in [3.8, 4) is 12.1 Å². The molecule has 2 atom stereocenters. The van der Waals surface area contributed by atoms with Crippen LogP contribution in [-0.4, -0.2) is 15.4 Å². The number of phosphoric ester groups is 1. The van der Waals surface area contributed by atoms with Crippen molar-refractivity contribution in [3.05, 3.63) is 0 Å². The predicted molar refractivity (Wildman–Crippen MR) is 78.8 cm³/mol. The molecule has 0 saturated heterocycles. The normalized spacial score (nSPS) is 17.3. The van der Waals surface area contributed by atoms with Gasteiger partial charge in [-0.05, 0) is 19.3 Å². The fourth-order valence-corrected chi connectivity index (χ4v) is 3.58. The molecular weight excluding hydrogens is 291 g/mol. The summed E-state index contributed by atoms with van der Waals surface area (Å²) >= 11 is 0. The second-order valence-corrected chi connectivity index (χ2v) is 6.39. The molecule has 0 aromatic heterocycles. The minimum absolute atomic E-state index is 0.272. The number of nitrogens with zero attached hydrogens (tertiary/aromatic N) is 2. The van der Waals surface area contributed by atoms with Gasteiger partial charge in [0.2, 0.25) is 0 Å². The van der Waals surface area contributed by atoms with E-state index in [1.807, 2.05) is 20.8 Å². The van der Waals surface area contributed by atoms with Crippen LogP contribution in [0.25, 0.3) is 0 Å². The van der Waals surface area contributed by atoms with Gasteiger partial charge < -0.3 is 9.79 Å². The molecular formula is C14H25N2O4P. The Balaban J connectivity index is 5.90. The zero-order valence-corrected chi connectivity index (χ0v) is 13.8. The first-order valence-electron chi connectivity index (χ1n) is 7.36. The SMILES string of the molecule is CCCC(C#N)C(CCC)(OP(=O)(O)O)C(C#N)CCC. The van der Waals surface area contributed by atoms with Gasteiger partial charge >= 0.3 is 7.82 Å². The van der Waals surface area contributed by atoms with Crippen LogP contribution in [0.4, 0.5) is 0 Å². The van der Waals surface area contributed by atoms with E-state index in [4.69, 9.17) is 4.52 Å². The maximum absolute atomic E-state index is 11.4. The number of phosphoric acid groups is 1. The lowest BCUT2D eigenvalue weighted by Crippen LogP contribution is -2.46. The summed E-state index contributed by atoms with van der Waals surface area (Å²) < 4.78 is 16.5. The summed E-state index contributed by atoms with van der Waals surface area (Å²) in [6, 6.07) is 4.21. The van der Waals surface area contributed by atoms with E-state index in [1.165, 1.54) is 0 Å². The van der Waals surface area contributed by atoms with Crippen molar-refractivity contribution < 1.29 is 18.9 Å². The Bertz CT molecular complexity index is 411. The molecule has 21 heavy (non-hydrogen) atoms. The van der Waals surface area contributed by atoms with Gasteiger partial charge in [-0.1, -0.05) is 40.0 Å². The van der Waals surface area contributed by atoms with E-state index in [1.54, 1.807) is 0 Å². The molecule has 0 rings (SSSR count). The second kappa shape index (κ2) is 9.18. The summed E-state index contributed by atoms with van der Waals surface area (Å²) in [6.07, 6.45) is 3.09. The van der Waals surface area contributed by atoms with Gasteiger partial charge in [-0.3, -0.25) is 4.52 Å². The Morgan fingerprint density at radius 1 is 1.05 bits per heavy atom. The minimum atomic E-state index is -4.80. The lowest BCUT2D eigenvalue weighted by Gasteiger charge is -2.40. The van der Waals surface area contributed by atoms with E-state index >= 15 is 0 Å². The lowest BCUT2D eigenvalue weighted by molar-refractivity contribution is -0.0424. The second-order valence-electron chi connectivity index (χ2n) is 5.23. The molecule has 0 aliphatic carbocycles. The molecule has 6 nitrogen and oxygen atoms in total. The van der Waals surface area contributed by atoms with E-state index < -0.39 is 25.3 Å². The van der Waals surface area contributed by atoms with Crippen LogP contribution >= 0.6 is 7.82 Å². The molecule has 120 valence electrons. The first-order valence-corrected chi connectivity index (χ1v) is 8.89. The topological polar surface area (TPSA) is 114 Å². The van der Waals surface area contributed by atoms with Gasteiger partial charge in [-0.15, -0.1) is 0 Å². The molecule has 0 aromatic rings. The summed E-state index contributed by atoms with van der Waals surface area (Å²) in [5, 5.41) is 18.9. The molecule has 2 unspecified atom stereocenters. The third kappa shape index (κ3) is 5.77. The van der Waals surface area contributed by atoms with Crippen LogP contribution in [0.1, 0.15) is 59.3 Å². The molecule has 0 fully saturated rings. The van der Waals surface area contributed by atoms with Gasteiger partial charge in [0.25, 0.3) is 0 Å². The average Bonchev–Trinajstić information content (AvgIpc) is 2.40. The average molecular weight is 316 g/mol. The molecule has 2 N–H and O–H groups in total. The van der Waals surface area contributed by atoms with E-state index in [-0.39, 0.29) is 6.42 Å². The highest BCUT2D eigenvalue weighted by atomic mass is 31.2. The summed E-state index contributed by atoms with van der Waals surface area (Å²) in [6.45, 7) is 5.62. The molecule has 0 saturated carbocycles. The van der Waals surface area contributed by atoms with Gasteiger partial charge in [0.05, 0.1) is 24.0 Å². The monoisotopic (exact) mass is 316 g/mol. The number of rotatable bonds is 10. The summed E-state index contributed by atoms with van der Waals surface area (Å²) in [4.78, 5) is 18.6. The molecule has 0 aliphatic rings. The van der Waals surface area contributed by atoms with Crippen LogP contribution in [0.2, 0.25) is 0 Å². The summed E-state index contributed by atoms with van der Waals surface area (Å²) in [5.41, 5.74) is -1.41. The Morgan fingerprint density at radius 3 is 1.71 bits per heavy atom. The third-order valence-corrected chi connectivity index (χ3v) is 4.15. The summed E-state index contributed by atoms with van der Waals surface area (Å²) in [5.74, 6) is -1.43. The summed E-state index contributed by atoms with van der Waals surface area (Å²) in [7, 11) is -4.80. The van der Waals surface area contributed by atoms with Crippen molar-refractivity contribution in [2.45, 2.75) is 64.9 Å². The number of hydrogen-bond acceptors (Lipinski definition) is 4. The van der Waals surface area contributed by atoms with Gasteiger partial charge in [0.15, 0.2) is 0 Å². The van der Waals surface area contributed by atoms with Crippen LogP contribution in [0, 0.1) is 34.5 Å². The van der Waals surface area contributed by atoms with Crippen molar-refractivity contribution in [1.82, 2.24) is 0 Å². The van der Waals surface area contributed by atoms with Crippen molar-refractivity contribution in [2.75, 3.05) is 0 Å². The van der Waals surface area contributed by atoms with Crippen molar-refractivity contribution in [2.24, 2.45) is 11.8 Å². The quantitative estimate of drug-likeness (QED) is 0.596. The maximum Gasteiger partial charge on any atom is 0.470 e. The van der Waals surface area contributed by atoms with Crippen LogP contribution in [0.5, 0.6) is 0 Å². The van der Waals surface area contributed by atoms with E-state index in [0.29, 0.717) is 32.1 Å². The molecule has 0 aromatic carbocycles. The number of hydrogen-bond donors (Lipinski definition) is 2. The van der Waals surface area contributed by atoms with Crippen molar-refractivity contribution >= 4 is 7.82 Å². The van der Waals surface area contributed by atoms with Gasteiger partial charge in [0.1, 0.15) is 5.60 Å². The van der Waals surface area contributed by atoms with E-state index in [2.05, 4.69) is 12.1 Å². The Hall–Kier alpha value is -0.910. The fraction of sp³-hybridized carbons (Fsp3) is 0.857. The Kier molecular flexibility index (Phi) is 8.78. The zero-order valence-electron chi connectivity index (χ0n) is 12.9. The van der Waals surface area contributed by atoms with Crippen LogP contribution in [0.15, 0.2) is 0 Å². The lowest BCUT2D eigenvalue weighted by atomic mass is 9.72. The first kappa shape index (κ1) is 20.1. The van der Waals surface area contributed by atoms with Crippen LogP contribution in [-0.2, 0) is 9.09 Å².